The molecular formula is C9H19NO. The molecular weight excluding hydrogens is 138 g/mol. The van der Waals surface area contributed by atoms with Gasteiger partial charge >= 0.3 is 0 Å². The summed E-state index contributed by atoms with van der Waals surface area (Å²) in [4.78, 5) is 2.51. The summed E-state index contributed by atoms with van der Waals surface area (Å²) in [7, 11) is 0. The molecule has 2 atom stereocenters. The molecule has 66 valence electrons. The van der Waals surface area contributed by atoms with Crippen molar-refractivity contribution in [1.82, 2.24) is 4.90 Å². The fourth-order valence-corrected chi connectivity index (χ4v) is 1.68. The molecule has 0 aromatic rings. The lowest BCUT2D eigenvalue weighted by Crippen LogP contribution is -2.48. The smallest absolute Gasteiger partial charge is 0.0674 e. The van der Waals surface area contributed by atoms with E-state index in [2.05, 4.69) is 25.7 Å². The number of ether oxygens (including phenoxy) is 1. The molecule has 0 N–H and O–H groups in total. The van der Waals surface area contributed by atoms with E-state index in [4.69, 9.17) is 4.74 Å². The molecule has 2 nitrogen and oxygen atoms in total. The predicted octanol–water partition coefficient (Wildman–Crippen LogP) is 1.51. The van der Waals surface area contributed by atoms with Crippen molar-refractivity contribution in [3.8, 4) is 0 Å². The summed E-state index contributed by atoms with van der Waals surface area (Å²) in [6.45, 7) is 9.79. The van der Waals surface area contributed by atoms with Crippen LogP contribution in [-0.4, -0.2) is 36.7 Å². The minimum atomic E-state index is 0.428. The van der Waals surface area contributed by atoms with Crippen LogP contribution in [0.25, 0.3) is 0 Å². The van der Waals surface area contributed by atoms with Crippen molar-refractivity contribution < 1.29 is 4.74 Å². The second-order valence-corrected chi connectivity index (χ2v) is 3.29. The molecule has 0 saturated carbocycles. The Kier molecular flexibility index (Phi) is 3.34. The first-order chi connectivity index (χ1) is 5.27. The average Bonchev–Trinajstić information content (AvgIpc) is 2.04. The van der Waals surface area contributed by atoms with E-state index in [1.54, 1.807) is 0 Å². The van der Waals surface area contributed by atoms with E-state index in [1.807, 2.05) is 0 Å². The van der Waals surface area contributed by atoms with E-state index < -0.39 is 0 Å². The first-order valence-electron chi connectivity index (χ1n) is 4.63. The van der Waals surface area contributed by atoms with Crippen molar-refractivity contribution in [1.29, 1.82) is 0 Å². The molecule has 1 fully saturated rings. The summed E-state index contributed by atoms with van der Waals surface area (Å²) in [5, 5.41) is 0. The average molecular weight is 157 g/mol. The SMILES string of the molecule is CCC1COC(C)CN1CC. The highest BCUT2D eigenvalue weighted by Gasteiger charge is 2.23. The Bertz CT molecular complexity index is 116. The highest BCUT2D eigenvalue weighted by Crippen LogP contribution is 2.13. The van der Waals surface area contributed by atoms with Crippen molar-refractivity contribution in [3.63, 3.8) is 0 Å². The number of hydrogen-bond acceptors (Lipinski definition) is 2. The first kappa shape index (κ1) is 9.01. The number of rotatable bonds is 2. The Morgan fingerprint density at radius 3 is 2.73 bits per heavy atom. The Hall–Kier alpha value is -0.0800. The molecule has 0 radical (unpaired) electrons. The second-order valence-electron chi connectivity index (χ2n) is 3.29. The van der Waals surface area contributed by atoms with Crippen LogP contribution in [-0.2, 0) is 4.74 Å². The summed E-state index contributed by atoms with van der Waals surface area (Å²) in [5.41, 5.74) is 0. The van der Waals surface area contributed by atoms with Crippen molar-refractivity contribution in [2.45, 2.75) is 39.3 Å². The Morgan fingerprint density at radius 2 is 2.18 bits per heavy atom. The minimum Gasteiger partial charge on any atom is -0.376 e. The summed E-state index contributed by atoms with van der Waals surface area (Å²) < 4.78 is 5.57. The second kappa shape index (κ2) is 4.07. The van der Waals surface area contributed by atoms with Crippen LogP contribution in [0.15, 0.2) is 0 Å². The summed E-state index contributed by atoms with van der Waals surface area (Å²) >= 11 is 0. The summed E-state index contributed by atoms with van der Waals surface area (Å²) in [6, 6.07) is 0.663. The van der Waals surface area contributed by atoms with Gasteiger partial charge in [-0.25, -0.2) is 0 Å². The van der Waals surface area contributed by atoms with Crippen LogP contribution in [0.5, 0.6) is 0 Å². The quantitative estimate of drug-likeness (QED) is 0.602. The van der Waals surface area contributed by atoms with Crippen LogP contribution in [0.1, 0.15) is 27.2 Å². The van der Waals surface area contributed by atoms with Crippen LogP contribution in [0.2, 0.25) is 0 Å². The van der Waals surface area contributed by atoms with Gasteiger partial charge in [0.05, 0.1) is 12.7 Å². The van der Waals surface area contributed by atoms with Gasteiger partial charge in [-0.1, -0.05) is 13.8 Å². The lowest BCUT2D eigenvalue weighted by molar-refractivity contribution is -0.0536. The molecule has 0 amide bonds. The van der Waals surface area contributed by atoms with Crippen molar-refractivity contribution in [3.05, 3.63) is 0 Å². The van der Waals surface area contributed by atoms with Gasteiger partial charge in [0.15, 0.2) is 0 Å². The molecule has 0 spiro atoms. The van der Waals surface area contributed by atoms with Gasteiger partial charge in [-0.2, -0.15) is 0 Å². The molecule has 1 saturated heterocycles. The van der Waals surface area contributed by atoms with Gasteiger partial charge < -0.3 is 4.74 Å². The maximum atomic E-state index is 5.57. The molecule has 11 heavy (non-hydrogen) atoms. The van der Waals surface area contributed by atoms with Gasteiger partial charge in [0, 0.05) is 12.6 Å². The van der Waals surface area contributed by atoms with E-state index in [9.17, 15) is 0 Å². The third-order valence-corrected chi connectivity index (χ3v) is 2.46. The number of morpholine rings is 1. The van der Waals surface area contributed by atoms with Gasteiger partial charge in [-0.3, -0.25) is 4.90 Å². The molecule has 1 heterocycles. The van der Waals surface area contributed by atoms with Crippen LogP contribution < -0.4 is 0 Å². The van der Waals surface area contributed by atoms with Gasteiger partial charge in [0.2, 0.25) is 0 Å². The molecule has 0 aliphatic carbocycles. The van der Waals surface area contributed by atoms with Gasteiger partial charge in [-0.05, 0) is 19.9 Å². The van der Waals surface area contributed by atoms with Crippen LogP contribution in [0, 0.1) is 0 Å². The Balaban J connectivity index is 2.41. The highest BCUT2D eigenvalue weighted by molar-refractivity contribution is 4.76. The maximum Gasteiger partial charge on any atom is 0.0674 e. The van der Waals surface area contributed by atoms with Crippen molar-refractivity contribution in [2.24, 2.45) is 0 Å². The third kappa shape index (κ3) is 2.17. The van der Waals surface area contributed by atoms with Crippen molar-refractivity contribution in [2.75, 3.05) is 19.7 Å². The van der Waals surface area contributed by atoms with E-state index in [0.29, 0.717) is 12.1 Å². The fraction of sp³-hybridized carbons (Fsp3) is 1.00. The molecule has 2 heteroatoms. The van der Waals surface area contributed by atoms with Gasteiger partial charge in [0.1, 0.15) is 0 Å². The predicted molar refractivity (Wildman–Crippen MR) is 46.7 cm³/mol. The number of hydrogen-bond donors (Lipinski definition) is 0. The minimum absolute atomic E-state index is 0.428. The highest BCUT2D eigenvalue weighted by atomic mass is 16.5. The Morgan fingerprint density at radius 1 is 1.45 bits per heavy atom. The summed E-state index contributed by atoms with van der Waals surface area (Å²) in [6.07, 6.45) is 1.64. The topological polar surface area (TPSA) is 12.5 Å². The van der Waals surface area contributed by atoms with Crippen LogP contribution >= 0.6 is 0 Å². The van der Waals surface area contributed by atoms with Crippen LogP contribution in [0.3, 0.4) is 0 Å². The standard InChI is InChI=1S/C9H19NO/c1-4-9-7-11-8(3)6-10(9)5-2/h8-9H,4-7H2,1-3H3. The van der Waals surface area contributed by atoms with Gasteiger partial charge in [0.25, 0.3) is 0 Å². The Labute approximate surface area is 69.5 Å². The lowest BCUT2D eigenvalue weighted by Gasteiger charge is -2.37. The monoisotopic (exact) mass is 157 g/mol. The van der Waals surface area contributed by atoms with Crippen LogP contribution in [0.4, 0.5) is 0 Å². The number of nitrogens with zero attached hydrogens (tertiary/aromatic N) is 1. The number of likely N-dealkylation sites (N-methyl/N-ethyl adjacent to an activating group) is 1. The molecule has 1 aliphatic rings. The van der Waals surface area contributed by atoms with Crippen molar-refractivity contribution >= 4 is 0 Å². The molecule has 0 aromatic heterocycles. The largest absolute Gasteiger partial charge is 0.376 e. The van der Waals surface area contributed by atoms with E-state index in [0.717, 1.165) is 19.7 Å². The zero-order chi connectivity index (χ0) is 8.27. The summed E-state index contributed by atoms with van der Waals surface area (Å²) in [5.74, 6) is 0. The van der Waals surface area contributed by atoms with Gasteiger partial charge in [-0.15, -0.1) is 0 Å². The maximum absolute atomic E-state index is 5.57. The van der Waals surface area contributed by atoms with E-state index in [-0.39, 0.29) is 0 Å². The molecule has 0 aromatic carbocycles. The molecule has 0 bridgehead atoms. The first-order valence-corrected chi connectivity index (χ1v) is 4.63. The van der Waals surface area contributed by atoms with E-state index >= 15 is 0 Å². The third-order valence-electron chi connectivity index (χ3n) is 2.46. The fourth-order valence-electron chi connectivity index (χ4n) is 1.68. The molecule has 2 unspecified atom stereocenters. The zero-order valence-corrected chi connectivity index (χ0v) is 7.84. The van der Waals surface area contributed by atoms with E-state index in [1.165, 1.54) is 6.42 Å². The lowest BCUT2D eigenvalue weighted by atomic mass is 10.1. The normalized spacial score (nSPS) is 34.1. The molecule has 1 rings (SSSR count). The zero-order valence-electron chi connectivity index (χ0n) is 7.84. The molecule has 1 aliphatic heterocycles.